The predicted octanol–water partition coefficient (Wildman–Crippen LogP) is 5.90. The van der Waals surface area contributed by atoms with Gasteiger partial charge in [0.05, 0.1) is 11.2 Å². The third-order valence-corrected chi connectivity index (χ3v) is 7.97. The third-order valence-electron chi connectivity index (χ3n) is 7.87. The molecule has 3 aromatic carbocycles. The zero-order valence-corrected chi connectivity index (χ0v) is 24.0. The van der Waals surface area contributed by atoms with Crippen LogP contribution in [0.4, 0.5) is 10.5 Å². The maximum absolute atomic E-state index is 12.9. The number of carbonyl (C=O) groups is 1. The first-order chi connectivity index (χ1) is 19.0. The molecule has 206 valence electrons. The van der Waals surface area contributed by atoms with Crippen LogP contribution in [0.1, 0.15) is 50.3 Å². The van der Waals surface area contributed by atoms with E-state index in [1.54, 1.807) is 0 Å². The monoisotopic (exact) mass is 555 g/mol. The van der Waals surface area contributed by atoms with Crippen LogP contribution in [0.2, 0.25) is 0 Å². The van der Waals surface area contributed by atoms with E-state index < -0.39 is 24.4 Å². The van der Waals surface area contributed by atoms with Gasteiger partial charge in [-0.1, -0.05) is 66.7 Å². The minimum atomic E-state index is -0.631. The lowest BCUT2D eigenvalue weighted by Crippen LogP contribution is -2.41. The molecule has 3 aromatic rings. The van der Waals surface area contributed by atoms with Crippen molar-refractivity contribution in [2.45, 2.75) is 44.8 Å². The Morgan fingerprint density at radius 1 is 0.950 bits per heavy atom. The molecule has 0 saturated carbocycles. The number of fused-ring (bicyclic) bond motifs is 3. The van der Waals surface area contributed by atoms with E-state index in [2.05, 4.69) is 34.9 Å². The number of hydrogen-bond acceptors (Lipinski definition) is 5. The normalized spacial score (nSPS) is 17.2. The van der Waals surface area contributed by atoms with Gasteiger partial charge in [0.25, 0.3) is 0 Å². The molecule has 40 heavy (non-hydrogen) atoms. The van der Waals surface area contributed by atoms with Crippen LogP contribution in [0.5, 0.6) is 0 Å². The van der Waals surface area contributed by atoms with Gasteiger partial charge in [0.15, 0.2) is 5.11 Å². The lowest BCUT2D eigenvalue weighted by atomic mass is 9.77. The first-order valence-electron chi connectivity index (χ1n) is 13.4. The van der Waals surface area contributed by atoms with Crippen LogP contribution in [0, 0.1) is 0 Å². The molecule has 1 saturated heterocycles. The molecule has 4 N–H and O–H groups in total. The summed E-state index contributed by atoms with van der Waals surface area (Å²) in [6.45, 7) is 8.44. The smallest absolute Gasteiger partial charge is 0.449 e. The van der Waals surface area contributed by atoms with Gasteiger partial charge in [-0.05, 0) is 85.3 Å². The van der Waals surface area contributed by atoms with Crippen LogP contribution in [-0.4, -0.2) is 42.7 Å². The van der Waals surface area contributed by atoms with Gasteiger partial charge in [0.2, 0.25) is 0 Å². The SMILES string of the molecule is CC1(C)OB(C(=Cc2ccc(NC(N)=S)cc2)CNC(=O)OCC2c3ccccc3-c3ccccc32)OC1(C)C. The lowest BCUT2D eigenvalue weighted by Gasteiger charge is -2.32. The zero-order chi connectivity index (χ0) is 28.5. The molecule has 0 unspecified atom stereocenters. The Morgan fingerprint density at radius 3 is 2.05 bits per heavy atom. The lowest BCUT2D eigenvalue weighted by molar-refractivity contribution is 0.00578. The highest BCUT2D eigenvalue weighted by atomic mass is 32.1. The molecule has 1 aliphatic carbocycles. The number of benzene rings is 3. The number of thiocarbonyl (C=S) groups is 1. The van der Waals surface area contributed by atoms with E-state index in [-0.39, 0.29) is 24.2 Å². The molecule has 7 nitrogen and oxygen atoms in total. The van der Waals surface area contributed by atoms with E-state index >= 15 is 0 Å². The number of ether oxygens (including phenoxy) is 1. The quantitative estimate of drug-likeness (QED) is 0.247. The molecule has 0 atom stereocenters. The van der Waals surface area contributed by atoms with Crippen LogP contribution in [0.3, 0.4) is 0 Å². The maximum atomic E-state index is 12.9. The molecule has 0 radical (unpaired) electrons. The summed E-state index contributed by atoms with van der Waals surface area (Å²) >= 11 is 4.92. The fourth-order valence-corrected chi connectivity index (χ4v) is 5.16. The van der Waals surface area contributed by atoms with Crippen molar-refractivity contribution in [2.75, 3.05) is 18.5 Å². The maximum Gasteiger partial charge on any atom is 0.492 e. The fraction of sp³-hybridized carbons (Fsp3) is 0.290. The Balaban J connectivity index is 1.29. The van der Waals surface area contributed by atoms with Crippen molar-refractivity contribution < 1.29 is 18.8 Å². The number of amides is 1. The van der Waals surface area contributed by atoms with Crippen molar-refractivity contribution in [3.63, 3.8) is 0 Å². The fourth-order valence-electron chi connectivity index (χ4n) is 5.04. The van der Waals surface area contributed by atoms with Crippen LogP contribution < -0.4 is 16.4 Å². The highest BCUT2D eigenvalue weighted by Crippen LogP contribution is 2.44. The van der Waals surface area contributed by atoms with Crippen molar-refractivity contribution in [1.29, 1.82) is 0 Å². The summed E-state index contributed by atoms with van der Waals surface area (Å²) in [6, 6.07) is 24.2. The van der Waals surface area contributed by atoms with E-state index in [1.165, 1.54) is 22.3 Å². The van der Waals surface area contributed by atoms with E-state index in [4.69, 9.17) is 32.0 Å². The zero-order valence-electron chi connectivity index (χ0n) is 23.2. The molecule has 1 aliphatic heterocycles. The summed E-state index contributed by atoms with van der Waals surface area (Å²) in [5, 5.41) is 6.03. The largest absolute Gasteiger partial charge is 0.492 e. The average molecular weight is 556 g/mol. The predicted molar refractivity (Wildman–Crippen MR) is 164 cm³/mol. The number of anilines is 1. The molecule has 1 heterocycles. The summed E-state index contributed by atoms with van der Waals surface area (Å²) in [7, 11) is -0.631. The number of nitrogens with one attached hydrogen (secondary N) is 2. The molecule has 0 bridgehead atoms. The summed E-state index contributed by atoms with van der Waals surface area (Å²) < 4.78 is 18.3. The van der Waals surface area contributed by atoms with Crippen LogP contribution >= 0.6 is 12.2 Å². The second-order valence-corrected chi connectivity index (χ2v) is 11.5. The Morgan fingerprint density at radius 2 is 1.50 bits per heavy atom. The number of nitrogens with two attached hydrogens (primary N) is 1. The van der Waals surface area contributed by atoms with Gasteiger partial charge in [-0.15, -0.1) is 0 Å². The van der Waals surface area contributed by atoms with Crippen molar-refractivity contribution in [3.8, 4) is 11.1 Å². The molecule has 5 rings (SSSR count). The molecule has 2 aliphatic rings. The van der Waals surface area contributed by atoms with Gasteiger partial charge in [-0.3, -0.25) is 0 Å². The second-order valence-electron chi connectivity index (χ2n) is 11.1. The molecular formula is C31H34BN3O4S. The van der Waals surface area contributed by atoms with Crippen molar-refractivity contribution in [1.82, 2.24) is 5.32 Å². The van der Waals surface area contributed by atoms with Crippen LogP contribution in [0.15, 0.2) is 78.3 Å². The van der Waals surface area contributed by atoms with Crippen molar-refractivity contribution in [2.24, 2.45) is 5.73 Å². The third kappa shape index (κ3) is 5.77. The molecule has 9 heteroatoms. The van der Waals surface area contributed by atoms with Crippen molar-refractivity contribution in [3.05, 3.63) is 95.0 Å². The first-order valence-corrected chi connectivity index (χ1v) is 13.8. The van der Waals surface area contributed by atoms with Gasteiger partial charge < -0.3 is 30.4 Å². The Bertz CT molecular complexity index is 1390. The van der Waals surface area contributed by atoms with Crippen LogP contribution in [-0.2, 0) is 14.0 Å². The number of alkyl carbamates (subject to hydrolysis) is 1. The topological polar surface area (TPSA) is 94.8 Å². The van der Waals surface area contributed by atoms with Gasteiger partial charge >= 0.3 is 13.2 Å². The van der Waals surface area contributed by atoms with E-state index in [1.807, 2.05) is 82.3 Å². The number of carbonyl (C=O) groups excluding carboxylic acids is 1. The second kappa shape index (κ2) is 11.1. The highest BCUT2D eigenvalue weighted by Gasteiger charge is 2.52. The number of hydrogen-bond donors (Lipinski definition) is 3. The standard InChI is InChI=1S/C31H34BN3O4S/c1-30(2)31(3,4)39-32(38-30)21(17-20-13-15-22(16-14-20)35-28(33)40)18-34-29(36)37-19-27-25-11-7-5-9-23(25)24-10-6-8-12-26(24)27/h5-17,27H,18-19H2,1-4H3,(H,34,36)(H3,33,35,40). The van der Waals surface area contributed by atoms with Gasteiger partial charge in [-0.2, -0.15) is 0 Å². The molecule has 0 spiro atoms. The Hall–Kier alpha value is -3.66. The summed E-state index contributed by atoms with van der Waals surface area (Å²) in [5.74, 6) is -0.00946. The molecule has 0 aromatic heterocycles. The van der Waals surface area contributed by atoms with E-state index in [0.29, 0.717) is 0 Å². The Labute approximate surface area is 241 Å². The molecular weight excluding hydrogens is 521 g/mol. The molecule has 1 fully saturated rings. The number of rotatable bonds is 7. The van der Waals surface area contributed by atoms with Gasteiger partial charge in [0, 0.05) is 18.2 Å². The highest BCUT2D eigenvalue weighted by molar-refractivity contribution is 7.80. The van der Waals surface area contributed by atoms with E-state index in [0.717, 1.165) is 16.7 Å². The molecule has 1 amide bonds. The minimum Gasteiger partial charge on any atom is -0.449 e. The minimum absolute atomic E-state index is 0.00946. The van der Waals surface area contributed by atoms with E-state index in [9.17, 15) is 4.79 Å². The Kier molecular flexibility index (Phi) is 7.73. The first kappa shape index (κ1) is 27.9. The van der Waals surface area contributed by atoms with Gasteiger partial charge in [-0.25, -0.2) is 4.79 Å². The summed E-state index contributed by atoms with van der Waals surface area (Å²) in [6.07, 6.45) is 1.46. The summed E-state index contributed by atoms with van der Waals surface area (Å²) in [5.41, 5.74) is 11.7. The average Bonchev–Trinajstić information content (AvgIpc) is 3.35. The van der Waals surface area contributed by atoms with Crippen LogP contribution in [0.25, 0.3) is 17.2 Å². The van der Waals surface area contributed by atoms with Crippen molar-refractivity contribution >= 4 is 42.3 Å². The van der Waals surface area contributed by atoms with Gasteiger partial charge in [0.1, 0.15) is 6.61 Å². The summed E-state index contributed by atoms with van der Waals surface area (Å²) in [4.78, 5) is 12.9.